The van der Waals surface area contributed by atoms with Crippen molar-refractivity contribution in [3.05, 3.63) is 40.9 Å². The third-order valence-electron chi connectivity index (χ3n) is 4.55. The lowest BCUT2D eigenvalue weighted by atomic mass is 9.97. The van der Waals surface area contributed by atoms with E-state index in [-0.39, 0.29) is 11.4 Å². The zero-order valence-corrected chi connectivity index (χ0v) is 14.3. The van der Waals surface area contributed by atoms with Gasteiger partial charge in [0.2, 0.25) is 5.91 Å². The molecule has 0 bridgehead atoms. The fourth-order valence-corrected chi connectivity index (χ4v) is 3.98. The molecular formula is C18H23N3OS. The zero-order valence-electron chi connectivity index (χ0n) is 13.5. The van der Waals surface area contributed by atoms with Gasteiger partial charge in [-0.15, -0.1) is 11.3 Å². The standard InChI is InChI=1S/C18H23N3OS/c1-13-4-6-14(7-5-13)17-20-15(11-23-17)10-16(22)21-18(12-19)8-2-3-9-18/h4-7,11H,2-3,8-10,12,19H2,1H3,(H,21,22). The number of hydrogen-bond acceptors (Lipinski definition) is 4. The summed E-state index contributed by atoms with van der Waals surface area (Å²) in [6.07, 6.45) is 4.59. The normalized spacial score (nSPS) is 16.4. The van der Waals surface area contributed by atoms with E-state index in [4.69, 9.17) is 5.73 Å². The van der Waals surface area contributed by atoms with E-state index < -0.39 is 0 Å². The largest absolute Gasteiger partial charge is 0.349 e. The minimum absolute atomic E-state index is 0.0260. The Bertz CT molecular complexity index is 672. The monoisotopic (exact) mass is 329 g/mol. The highest BCUT2D eigenvalue weighted by Crippen LogP contribution is 2.29. The van der Waals surface area contributed by atoms with E-state index in [0.717, 1.165) is 41.9 Å². The number of nitrogens with two attached hydrogens (primary N) is 1. The van der Waals surface area contributed by atoms with Gasteiger partial charge in [-0.2, -0.15) is 0 Å². The van der Waals surface area contributed by atoms with E-state index in [1.54, 1.807) is 11.3 Å². The molecule has 0 atom stereocenters. The molecule has 5 heteroatoms. The predicted octanol–water partition coefficient (Wildman–Crippen LogP) is 3.05. The molecule has 3 N–H and O–H groups in total. The maximum atomic E-state index is 12.3. The molecule has 1 aromatic heterocycles. The van der Waals surface area contributed by atoms with E-state index in [9.17, 15) is 4.79 Å². The Morgan fingerprint density at radius 2 is 2.00 bits per heavy atom. The van der Waals surface area contributed by atoms with Crippen molar-refractivity contribution in [3.63, 3.8) is 0 Å². The quantitative estimate of drug-likeness (QED) is 0.886. The molecule has 1 aliphatic carbocycles. The number of hydrogen-bond donors (Lipinski definition) is 2. The minimum atomic E-state index is -0.188. The van der Waals surface area contributed by atoms with E-state index >= 15 is 0 Å². The molecule has 1 saturated carbocycles. The number of nitrogens with zero attached hydrogens (tertiary/aromatic N) is 1. The maximum absolute atomic E-state index is 12.3. The fraction of sp³-hybridized carbons (Fsp3) is 0.444. The van der Waals surface area contributed by atoms with Gasteiger partial charge in [0.15, 0.2) is 0 Å². The van der Waals surface area contributed by atoms with Crippen molar-refractivity contribution in [2.24, 2.45) is 5.73 Å². The number of amides is 1. The molecule has 3 rings (SSSR count). The summed E-state index contributed by atoms with van der Waals surface area (Å²) in [5, 5.41) is 6.08. The summed E-state index contributed by atoms with van der Waals surface area (Å²) in [5.41, 5.74) is 8.84. The minimum Gasteiger partial charge on any atom is -0.349 e. The van der Waals surface area contributed by atoms with Crippen LogP contribution in [0.4, 0.5) is 0 Å². The highest BCUT2D eigenvalue weighted by molar-refractivity contribution is 7.13. The van der Waals surface area contributed by atoms with Crippen molar-refractivity contribution in [1.82, 2.24) is 10.3 Å². The van der Waals surface area contributed by atoms with E-state index in [1.165, 1.54) is 5.56 Å². The summed E-state index contributed by atoms with van der Waals surface area (Å²) in [7, 11) is 0. The van der Waals surface area contributed by atoms with Gasteiger partial charge in [0, 0.05) is 17.5 Å². The molecule has 0 saturated heterocycles. The number of benzene rings is 1. The number of aryl methyl sites for hydroxylation is 1. The molecule has 122 valence electrons. The fourth-order valence-electron chi connectivity index (χ4n) is 3.15. The van der Waals surface area contributed by atoms with Crippen molar-refractivity contribution >= 4 is 17.2 Å². The second kappa shape index (κ2) is 6.81. The summed E-state index contributed by atoms with van der Waals surface area (Å²) in [5.74, 6) is 0.0260. The third-order valence-corrected chi connectivity index (χ3v) is 5.49. The van der Waals surface area contributed by atoms with Crippen molar-refractivity contribution in [3.8, 4) is 10.6 Å². The van der Waals surface area contributed by atoms with Crippen molar-refractivity contribution < 1.29 is 4.79 Å². The van der Waals surface area contributed by atoms with E-state index in [1.807, 2.05) is 5.38 Å². The Balaban J connectivity index is 1.64. The number of rotatable bonds is 5. The average Bonchev–Trinajstić information content (AvgIpc) is 3.18. The van der Waals surface area contributed by atoms with Crippen LogP contribution in [0.3, 0.4) is 0 Å². The van der Waals surface area contributed by atoms with Gasteiger partial charge in [-0.1, -0.05) is 42.7 Å². The molecule has 1 fully saturated rings. The first-order valence-corrected chi connectivity index (χ1v) is 9.01. The lowest BCUT2D eigenvalue weighted by molar-refractivity contribution is -0.122. The van der Waals surface area contributed by atoms with Gasteiger partial charge in [-0.05, 0) is 19.8 Å². The van der Waals surface area contributed by atoms with Gasteiger partial charge in [0.1, 0.15) is 5.01 Å². The lowest BCUT2D eigenvalue weighted by Gasteiger charge is -2.28. The van der Waals surface area contributed by atoms with Gasteiger partial charge in [0.05, 0.1) is 17.7 Å². The summed E-state index contributed by atoms with van der Waals surface area (Å²) in [6, 6.07) is 8.29. The van der Waals surface area contributed by atoms with Crippen LogP contribution in [0.15, 0.2) is 29.6 Å². The first kappa shape index (κ1) is 16.1. The molecule has 0 radical (unpaired) electrons. The van der Waals surface area contributed by atoms with Crippen molar-refractivity contribution in [2.45, 2.75) is 44.6 Å². The number of aromatic nitrogens is 1. The van der Waals surface area contributed by atoms with E-state index in [2.05, 4.69) is 41.5 Å². The first-order valence-electron chi connectivity index (χ1n) is 8.13. The highest BCUT2D eigenvalue weighted by atomic mass is 32.1. The second-order valence-electron chi connectivity index (χ2n) is 6.43. The summed E-state index contributed by atoms with van der Waals surface area (Å²) in [6.45, 7) is 2.59. The van der Waals surface area contributed by atoms with Crippen molar-refractivity contribution in [1.29, 1.82) is 0 Å². The Morgan fingerprint density at radius 3 is 2.65 bits per heavy atom. The van der Waals surface area contributed by atoms with Crippen LogP contribution in [0.5, 0.6) is 0 Å². The number of carbonyl (C=O) groups is 1. The number of nitrogens with one attached hydrogen (secondary N) is 1. The maximum Gasteiger partial charge on any atom is 0.226 e. The molecule has 2 aromatic rings. The molecule has 0 unspecified atom stereocenters. The Kier molecular flexibility index (Phi) is 4.78. The summed E-state index contributed by atoms with van der Waals surface area (Å²) in [4.78, 5) is 16.9. The van der Waals surface area contributed by atoms with Gasteiger partial charge in [-0.3, -0.25) is 4.79 Å². The van der Waals surface area contributed by atoms with Gasteiger partial charge >= 0.3 is 0 Å². The van der Waals surface area contributed by atoms with Crippen molar-refractivity contribution in [2.75, 3.05) is 6.54 Å². The topological polar surface area (TPSA) is 68.0 Å². The van der Waals surface area contributed by atoms with Crippen LogP contribution in [0.2, 0.25) is 0 Å². The van der Waals surface area contributed by atoms with Crippen LogP contribution in [0.25, 0.3) is 10.6 Å². The molecule has 1 amide bonds. The second-order valence-corrected chi connectivity index (χ2v) is 7.28. The lowest BCUT2D eigenvalue weighted by Crippen LogP contribution is -2.52. The molecule has 1 aromatic carbocycles. The zero-order chi connectivity index (χ0) is 16.3. The average molecular weight is 329 g/mol. The molecule has 23 heavy (non-hydrogen) atoms. The van der Waals surface area contributed by atoms with Gasteiger partial charge in [-0.25, -0.2) is 4.98 Å². The van der Waals surface area contributed by atoms with Crippen LogP contribution in [-0.2, 0) is 11.2 Å². The van der Waals surface area contributed by atoms with Crippen LogP contribution in [-0.4, -0.2) is 23.0 Å². The van der Waals surface area contributed by atoms with Crippen LogP contribution >= 0.6 is 11.3 Å². The molecule has 4 nitrogen and oxygen atoms in total. The third kappa shape index (κ3) is 3.79. The predicted molar refractivity (Wildman–Crippen MR) is 94.4 cm³/mol. The van der Waals surface area contributed by atoms with E-state index in [0.29, 0.717) is 13.0 Å². The van der Waals surface area contributed by atoms with Gasteiger partial charge in [0.25, 0.3) is 0 Å². The molecule has 1 aliphatic rings. The Morgan fingerprint density at radius 1 is 1.30 bits per heavy atom. The Hall–Kier alpha value is -1.72. The molecule has 0 spiro atoms. The number of carbonyl (C=O) groups excluding carboxylic acids is 1. The van der Waals surface area contributed by atoms with Gasteiger partial charge < -0.3 is 11.1 Å². The summed E-state index contributed by atoms with van der Waals surface area (Å²) >= 11 is 1.58. The number of thiazole rings is 1. The summed E-state index contributed by atoms with van der Waals surface area (Å²) < 4.78 is 0. The molecule has 1 heterocycles. The van der Waals surface area contributed by atoms with Crippen LogP contribution in [0, 0.1) is 6.92 Å². The SMILES string of the molecule is Cc1ccc(-c2nc(CC(=O)NC3(CN)CCCC3)cs2)cc1. The highest BCUT2D eigenvalue weighted by Gasteiger charge is 2.33. The smallest absolute Gasteiger partial charge is 0.226 e. The van der Waals surface area contributed by atoms with Crippen LogP contribution < -0.4 is 11.1 Å². The Labute approximate surface area is 141 Å². The first-order chi connectivity index (χ1) is 11.1. The van der Waals surface area contributed by atoms with Crippen LogP contribution in [0.1, 0.15) is 36.9 Å². The molecule has 0 aliphatic heterocycles. The molecular weight excluding hydrogens is 306 g/mol.